The molecule has 1 aliphatic carbocycles. The van der Waals surface area contributed by atoms with Crippen molar-refractivity contribution >= 4 is 0 Å². The lowest BCUT2D eigenvalue weighted by molar-refractivity contribution is 0.0645. The van der Waals surface area contributed by atoms with Gasteiger partial charge in [-0.15, -0.1) is 0 Å². The standard InChI is InChI=1S/C22H29NO3/c1-2-25-20-12-11-16-7-6-8-17(13-18(16)14-20)22(23)21(24)15-26-19-9-4-3-5-10-19/h3-5,9-12,14,17,21-22,24H,2,6-8,13,15,23H2,1H3/t17?,21-,22?/m1/s1. The number of aliphatic hydroxyl groups excluding tert-OH is 1. The van der Waals surface area contributed by atoms with Gasteiger partial charge in [-0.25, -0.2) is 0 Å². The number of hydrogen-bond acceptors (Lipinski definition) is 4. The lowest BCUT2D eigenvalue weighted by atomic mass is 9.87. The highest BCUT2D eigenvalue weighted by molar-refractivity contribution is 5.37. The highest BCUT2D eigenvalue weighted by Crippen LogP contribution is 2.30. The van der Waals surface area contributed by atoms with Crippen LogP contribution in [0.2, 0.25) is 0 Å². The summed E-state index contributed by atoms with van der Waals surface area (Å²) >= 11 is 0. The number of rotatable bonds is 7. The van der Waals surface area contributed by atoms with Crippen molar-refractivity contribution in [1.82, 2.24) is 0 Å². The zero-order valence-corrected chi connectivity index (χ0v) is 15.4. The summed E-state index contributed by atoms with van der Waals surface area (Å²) in [5, 5.41) is 10.5. The average Bonchev–Trinajstić information content (AvgIpc) is 2.88. The van der Waals surface area contributed by atoms with Gasteiger partial charge >= 0.3 is 0 Å². The van der Waals surface area contributed by atoms with E-state index in [4.69, 9.17) is 15.2 Å². The van der Waals surface area contributed by atoms with Gasteiger partial charge in [-0.2, -0.15) is 0 Å². The summed E-state index contributed by atoms with van der Waals surface area (Å²) in [5.41, 5.74) is 9.09. The van der Waals surface area contributed by atoms with Crippen LogP contribution < -0.4 is 15.2 Å². The molecule has 2 aromatic carbocycles. The fourth-order valence-corrected chi connectivity index (χ4v) is 3.68. The summed E-state index contributed by atoms with van der Waals surface area (Å²) < 4.78 is 11.3. The zero-order chi connectivity index (χ0) is 18.4. The quantitative estimate of drug-likeness (QED) is 0.748. The first-order valence-corrected chi connectivity index (χ1v) is 9.53. The highest BCUT2D eigenvalue weighted by atomic mass is 16.5. The second-order valence-electron chi connectivity index (χ2n) is 6.99. The van der Waals surface area contributed by atoms with Gasteiger partial charge in [0.1, 0.15) is 24.2 Å². The molecule has 0 saturated heterocycles. The normalized spacial score (nSPS) is 19.1. The minimum absolute atomic E-state index is 0.216. The Bertz CT molecular complexity index is 689. The van der Waals surface area contributed by atoms with Gasteiger partial charge in [0, 0.05) is 6.04 Å². The van der Waals surface area contributed by atoms with E-state index in [0.717, 1.165) is 37.2 Å². The van der Waals surface area contributed by atoms with E-state index in [1.54, 1.807) is 0 Å². The van der Waals surface area contributed by atoms with Crippen LogP contribution in [0.3, 0.4) is 0 Å². The van der Waals surface area contributed by atoms with Crippen molar-refractivity contribution in [2.24, 2.45) is 11.7 Å². The molecule has 2 unspecified atom stereocenters. The fraction of sp³-hybridized carbons (Fsp3) is 0.455. The summed E-state index contributed by atoms with van der Waals surface area (Å²) in [5.74, 6) is 1.90. The molecule has 0 amide bonds. The van der Waals surface area contributed by atoms with E-state index < -0.39 is 6.10 Å². The number of fused-ring (bicyclic) bond motifs is 1. The predicted octanol–water partition coefficient (Wildman–Crippen LogP) is 3.35. The van der Waals surface area contributed by atoms with Crippen LogP contribution in [0.25, 0.3) is 0 Å². The molecule has 3 N–H and O–H groups in total. The lowest BCUT2D eigenvalue weighted by Gasteiger charge is -2.27. The first kappa shape index (κ1) is 18.7. The monoisotopic (exact) mass is 355 g/mol. The summed E-state index contributed by atoms with van der Waals surface area (Å²) in [7, 11) is 0. The maximum atomic E-state index is 10.5. The Morgan fingerprint density at radius 2 is 1.88 bits per heavy atom. The Balaban J connectivity index is 1.63. The number of ether oxygens (including phenoxy) is 2. The molecule has 3 atom stereocenters. The molecule has 0 radical (unpaired) electrons. The molecule has 0 heterocycles. The van der Waals surface area contributed by atoms with Crippen LogP contribution in [0.15, 0.2) is 48.5 Å². The summed E-state index contributed by atoms with van der Waals surface area (Å²) in [6.45, 7) is 2.87. The van der Waals surface area contributed by atoms with Crippen molar-refractivity contribution in [2.75, 3.05) is 13.2 Å². The van der Waals surface area contributed by atoms with E-state index >= 15 is 0 Å². The van der Waals surface area contributed by atoms with E-state index in [9.17, 15) is 5.11 Å². The van der Waals surface area contributed by atoms with E-state index in [-0.39, 0.29) is 18.6 Å². The molecule has 26 heavy (non-hydrogen) atoms. The molecule has 0 aromatic heterocycles. The molecule has 1 aliphatic rings. The number of aliphatic hydroxyl groups is 1. The van der Waals surface area contributed by atoms with Gasteiger partial charge in [0.15, 0.2) is 0 Å². The minimum atomic E-state index is -0.683. The second-order valence-corrected chi connectivity index (χ2v) is 6.99. The Labute approximate surface area is 155 Å². The van der Waals surface area contributed by atoms with Gasteiger partial charge in [-0.05, 0) is 73.9 Å². The molecule has 0 aliphatic heterocycles. The second kappa shape index (κ2) is 9.06. The third-order valence-electron chi connectivity index (χ3n) is 5.14. The number of nitrogens with two attached hydrogens (primary N) is 1. The maximum Gasteiger partial charge on any atom is 0.119 e. The maximum absolute atomic E-state index is 10.5. The van der Waals surface area contributed by atoms with Gasteiger partial charge in [0.2, 0.25) is 0 Å². The largest absolute Gasteiger partial charge is 0.494 e. The zero-order valence-electron chi connectivity index (χ0n) is 15.4. The lowest BCUT2D eigenvalue weighted by Crippen LogP contribution is -2.45. The molecule has 0 fully saturated rings. The van der Waals surface area contributed by atoms with Gasteiger partial charge < -0.3 is 20.3 Å². The van der Waals surface area contributed by atoms with Gasteiger partial charge in [0.05, 0.1) is 6.61 Å². The Hall–Kier alpha value is -2.04. The van der Waals surface area contributed by atoms with E-state index in [1.165, 1.54) is 11.1 Å². The molecule has 3 rings (SSSR count). The van der Waals surface area contributed by atoms with Crippen molar-refractivity contribution in [3.05, 3.63) is 59.7 Å². The fourth-order valence-electron chi connectivity index (χ4n) is 3.68. The Kier molecular flexibility index (Phi) is 6.53. The molecule has 2 aromatic rings. The van der Waals surface area contributed by atoms with E-state index in [0.29, 0.717) is 6.61 Å². The van der Waals surface area contributed by atoms with Crippen LogP contribution in [-0.2, 0) is 12.8 Å². The van der Waals surface area contributed by atoms with Gasteiger partial charge in [-0.3, -0.25) is 0 Å². The summed E-state index contributed by atoms with van der Waals surface area (Å²) in [6, 6.07) is 15.6. The topological polar surface area (TPSA) is 64.7 Å². The molecular weight excluding hydrogens is 326 g/mol. The molecule has 4 nitrogen and oxygen atoms in total. The number of benzene rings is 2. The first-order valence-electron chi connectivity index (χ1n) is 9.53. The summed E-state index contributed by atoms with van der Waals surface area (Å²) in [4.78, 5) is 0. The van der Waals surface area contributed by atoms with Crippen molar-refractivity contribution in [3.8, 4) is 11.5 Å². The number of aryl methyl sites for hydroxylation is 1. The van der Waals surface area contributed by atoms with Crippen LogP contribution in [-0.4, -0.2) is 30.5 Å². The Morgan fingerprint density at radius 3 is 2.65 bits per heavy atom. The van der Waals surface area contributed by atoms with Gasteiger partial charge in [-0.1, -0.05) is 24.3 Å². The van der Waals surface area contributed by atoms with Crippen LogP contribution in [0, 0.1) is 5.92 Å². The van der Waals surface area contributed by atoms with Crippen LogP contribution in [0.5, 0.6) is 11.5 Å². The van der Waals surface area contributed by atoms with E-state index in [1.807, 2.05) is 43.3 Å². The van der Waals surface area contributed by atoms with Crippen LogP contribution in [0.1, 0.15) is 30.9 Å². The third-order valence-corrected chi connectivity index (χ3v) is 5.14. The average molecular weight is 355 g/mol. The van der Waals surface area contributed by atoms with Crippen molar-refractivity contribution in [1.29, 1.82) is 0 Å². The van der Waals surface area contributed by atoms with Crippen LogP contribution in [0.4, 0.5) is 0 Å². The SMILES string of the molecule is CCOc1ccc2c(c1)CC(C(N)[C@H](O)COc1ccccc1)CCC2. The number of hydrogen-bond donors (Lipinski definition) is 2. The van der Waals surface area contributed by atoms with Crippen molar-refractivity contribution < 1.29 is 14.6 Å². The number of para-hydroxylation sites is 1. The third kappa shape index (κ3) is 4.77. The molecular formula is C22H29NO3. The molecule has 140 valence electrons. The molecule has 4 heteroatoms. The summed E-state index contributed by atoms with van der Waals surface area (Å²) in [6.07, 6.45) is 3.35. The molecule has 0 bridgehead atoms. The predicted molar refractivity (Wildman–Crippen MR) is 104 cm³/mol. The smallest absolute Gasteiger partial charge is 0.119 e. The highest BCUT2D eigenvalue weighted by Gasteiger charge is 2.28. The minimum Gasteiger partial charge on any atom is -0.494 e. The molecule has 0 saturated carbocycles. The molecule has 0 spiro atoms. The van der Waals surface area contributed by atoms with E-state index in [2.05, 4.69) is 12.1 Å². The van der Waals surface area contributed by atoms with Crippen molar-refractivity contribution in [2.45, 2.75) is 44.8 Å². The first-order chi connectivity index (χ1) is 12.7. The van der Waals surface area contributed by atoms with Crippen molar-refractivity contribution in [3.63, 3.8) is 0 Å². The van der Waals surface area contributed by atoms with Crippen LogP contribution >= 0.6 is 0 Å². The van der Waals surface area contributed by atoms with Gasteiger partial charge in [0.25, 0.3) is 0 Å². The Morgan fingerprint density at radius 1 is 1.08 bits per heavy atom.